The number of esters is 1. The molecule has 1 fully saturated rings. The minimum atomic E-state index is -1.07. The molecule has 0 aliphatic carbocycles. The van der Waals surface area contributed by atoms with Gasteiger partial charge in [0.05, 0.1) is 18.8 Å². The number of nitrogens with zero attached hydrogens (tertiary/aromatic N) is 3. The number of aromatic nitrogens is 1. The molecule has 0 bridgehead atoms. The zero-order valence-electron chi connectivity index (χ0n) is 19.5. The van der Waals surface area contributed by atoms with Crippen molar-refractivity contribution in [2.45, 2.75) is 31.6 Å². The van der Waals surface area contributed by atoms with Crippen LogP contribution in [-0.4, -0.2) is 73.1 Å². The predicted molar refractivity (Wildman–Crippen MR) is 134 cm³/mol. The fraction of sp³-hybridized carbons (Fsp3) is 0.417. The van der Waals surface area contributed by atoms with Crippen molar-refractivity contribution in [1.82, 2.24) is 15.2 Å². The standard InChI is InChI=1S/C24H25BrF2N4O4S/c1-2-35-24(33)20-19(12-31-11-15(27)9-16(31)13-34-7-6-32)29-22(23-28-5-8-36-23)30-21(20)17-4-3-14(26)10-18(17)25/h3-6,8,10,15-16,21H,2,7,9,11-13H2,1H3,(H,29,30)/t15?,16?,21-/m0/s1. The van der Waals surface area contributed by atoms with Gasteiger partial charge in [0, 0.05) is 40.9 Å². The van der Waals surface area contributed by atoms with Gasteiger partial charge in [0.1, 0.15) is 30.9 Å². The second-order valence-electron chi connectivity index (χ2n) is 8.24. The van der Waals surface area contributed by atoms with Gasteiger partial charge < -0.3 is 19.6 Å². The summed E-state index contributed by atoms with van der Waals surface area (Å²) in [5.74, 6) is -0.568. The van der Waals surface area contributed by atoms with E-state index in [0.717, 1.165) is 0 Å². The molecular weight excluding hydrogens is 558 g/mol. The van der Waals surface area contributed by atoms with Crippen molar-refractivity contribution in [2.24, 2.45) is 4.99 Å². The molecule has 2 aliphatic rings. The van der Waals surface area contributed by atoms with E-state index >= 15 is 0 Å². The Kier molecular flexibility index (Phi) is 8.94. The van der Waals surface area contributed by atoms with Gasteiger partial charge in [-0.1, -0.05) is 22.0 Å². The molecule has 0 saturated carbocycles. The quantitative estimate of drug-likeness (QED) is 0.260. The molecule has 2 unspecified atom stereocenters. The largest absolute Gasteiger partial charge is 0.463 e. The molecule has 0 amide bonds. The van der Waals surface area contributed by atoms with Crippen LogP contribution in [0, 0.1) is 5.82 Å². The number of ether oxygens (including phenoxy) is 2. The summed E-state index contributed by atoms with van der Waals surface area (Å²) < 4.78 is 39.5. The first kappa shape index (κ1) is 26.5. The second-order valence-corrected chi connectivity index (χ2v) is 9.99. The van der Waals surface area contributed by atoms with Crippen LogP contribution >= 0.6 is 27.3 Å². The highest BCUT2D eigenvalue weighted by Gasteiger charge is 2.38. The van der Waals surface area contributed by atoms with Gasteiger partial charge in [-0.2, -0.15) is 0 Å². The first-order valence-corrected chi connectivity index (χ1v) is 13.1. The van der Waals surface area contributed by atoms with E-state index in [1.165, 1.54) is 23.5 Å². The van der Waals surface area contributed by atoms with Gasteiger partial charge in [-0.25, -0.2) is 18.6 Å². The van der Waals surface area contributed by atoms with E-state index in [1.54, 1.807) is 24.6 Å². The number of likely N-dealkylation sites (tertiary alicyclic amines) is 1. The van der Waals surface area contributed by atoms with Crippen LogP contribution in [-0.2, 0) is 19.1 Å². The minimum Gasteiger partial charge on any atom is -0.463 e. The number of hydrogen-bond donors (Lipinski definition) is 1. The third kappa shape index (κ3) is 6.05. The molecule has 1 aromatic carbocycles. The summed E-state index contributed by atoms with van der Waals surface area (Å²) in [5, 5.41) is 5.64. The van der Waals surface area contributed by atoms with Crippen molar-refractivity contribution in [3.63, 3.8) is 0 Å². The van der Waals surface area contributed by atoms with E-state index in [1.807, 2.05) is 4.90 Å². The van der Waals surface area contributed by atoms with Gasteiger partial charge in [0.15, 0.2) is 10.8 Å². The average molecular weight is 583 g/mol. The van der Waals surface area contributed by atoms with Crippen LogP contribution in [0.15, 0.2) is 50.5 Å². The third-order valence-corrected chi connectivity index (χ3v) is 7.31. The predicted octanol–water partition coefficient (Wildman–Crippen LogP) is 3.58. The zero-order valence-corrected chi connectivity index (χ0v) is 21.9. The number of carbonyl (C=O) groups is 2. The monoisotopic (exact) mass is 582 g/mol. The van der Waals surface area contributed by atoms with Gasteiger partial charge >= 0.3 is 5.97 Å². The summed E-state index contributed by atoms with van der Waals surface area (Å²) in [6.45, 7) is 2.29. The molecule has 192 valence electrons. The van der Waals surface area contributed by atoms with Gasteiger partial charge in [0.25, 0.3) is 0 Å². The fourth-order valence-electron chi connectivity index (χ4n) is 4.31. The molecule has 3 heterocycles. The van der Waals surface area contributed by atoms with Gasteiger partial charge in [-0.15, -0.1) is 11.3 Å². The summed E-state index contributed by atoms with van der Waals surface area (Å²) in [4.78, 5) is 34.9. The molecular formula is C24H25BrF2N4O4S. The van der Waals surface area contributed by atoms with Gasteiger partial charge in [0.2, 0.25) is 0 Å². The van der Waals surface area contributed by atoms with Crippen molar-refractivity contribution in [3.05, 3.63) is 61.9 Å². The van der Waals surface area contributed by atoms with E-state index in [-0.39, 0.29) is 50.9 Å². The molecule has 1 aromatic heterocycles. The molecule has 12 heteroatoms. The van der Waals surface area contributed by atoms with E-state index in [4.69, 9.17) is 14.5 Å². The Hall–Kier alpha value is -2.54. The van der Waals surface area contributed by atoms with Gasteiger partial charge in [-0.05, 0) is 31.0 Å². The highest BCUT2D eigenvalue weighted by atomic mass is 79.9. The maximum absolute atomic E-state index is 14.4. The third-order valence-electron chi connectivity index (χ3n) is 5.85. The first-order chi connectivity index (χ1) is 17.4. The van der Waals surface area contributed by atoms with Crippen LogP contribution in [0.4, 0.5) is 8.78 Å². The number of amidine groups is 1. The van der Waals surface area contributed by atoms with Crippen molar-refractivity contribution in [3.8, 4) is 0 Å². The van der Waals surface area contributed by atoms with E-state index in [2.05, 4.69) is 26.2 Å². The Bertz CT molecular complexity index is 1160. The fourth-order valence-corrected chi connectivity index (χ4v) is 5.47. The Morgan fingerprint density at radius 3 is 2.94 bits per heavy atom. The smallest absolute Gasteiger partial charge is 0.338 e. The molecule has 2 aliphatic heterocycles. The summed E-state index contributed by atoms with van der Waals surface area (Å²) in [6, 6.07) is 3.09. The van der Waals surface area contributed by atoms with Crippen LogP contribution in [0.1, 0.15) is 30.0 Å². The molecule has 2 aromatic rings. The average Bonchev–Trinajstić information content (AvgIpc) is 3.49. The lowest BCUT2D eigenvalue weighted by molar-refractivity contribution is -0.139. The van der Waals surface area contributed by atoms with Crippen molar-refractivity contribution < 1.29 is 27.8 Å². The van der Waals surface area contributed by atoms with Gasteiger partial charge in [-0.3, -0.25) is 9.89 Å². The molecule has 3 atom stereocenters. The highest BCUT2D eigenvalue weighted by Crippen LogP contribution is 2.37. The Labute approximate surface area is 219 Å². The number of hydrogen-bond acceptors (Lipinski definition) is 9. The minimum absolute atomic E-state index is 0.0716. The molecule has 1 saturated heterocycles. The topological polar surface area (TPSA) is 93.1 Å². The SMILES string of the molecule is CCOC(=O)C1=C(CN2CC(F)CC2COCC=O)NC(c2nccs2)=N[C@H]1c1ccc(F)cc1Br. The lowest BCUT2D eigenvalue weighted by Crippen LogP contribution is -2.42. The number of aliphatic imine (C=N–C) groups is 1. The number of nitrogens with one attached hydrogen (secondary N) is 1. The van der Waals surface area contributed by atoms with Crippen LogP contribution < -0.4 is 5.32 Å². The molecule has 0 radical (unpaired) electrons. The number of carbonyl (C=O) groups excluding carboxylic acids is 2. The van der Waals surface area contributed by atoms with Crippen LogP contribution in [0.3, 0.4) is 0 Å². The van der Waals surface area contributed by atoms with Crippen LogP contribution in [0.25, 0.3) is 0 Å². The maximum Gasteiger partial charge on any atom is 0.338 e. The maximum atomic E-state index is 14.4. The van der Waals surface area contributed by atoms with E-state index in [9.17, 15) is 18.4 Å². The number of alkyl halides is 1. The number of benzene rings is 1. The normalized spacial score (nSPS) is 22.3. The number of rotatable bonds is 10. The first-order valence-electron chi connectivity index (χ1n) is 11.4. The molecule has 1 N–H and O–H groups in total. The molecule has 8 nitrogen and oxygen atoms in total. The lowest BCUT2D eigenvalue weighted by Gasteiger charge is -2.31. The summed E-state index contributed by atoms with van der Waals surface area (Å²) in [7, 11) is 0. The van der Waals surface area contributed by atoms with Crippen molar-refractivity contribution in [2.75, 3.05) is 32.9 Å². The van der Waals surface area contributed by atoms with Crippen LogP contribution in [0.2, 0.25) is 0 Å². The Balaban J connectivity index is 1.77. The summed E-state index contributed by atoms with van der Waals surface area (Å²) >= 11 is 4.78. The summed E-state index contributed by atoms with van der Waals surface area (Å²) in [6.07, 6.45) is 1.48. The van der Waals surface area contributed by atoms with Crippen LogP contribution in [0.5, 0.6) is 0 Å². The highest BCUT2D eigenvalue weighted by molar-refractivity contribution is 9.10. The Morgan fingerprint density at radius 2 is 2.25 bits per heavy atom. The molecule has 0 spiro atoms. The number of halogens is 3. The summed E-state index contributed by atoms with van der Waals surface area (Å²) in [5.41, 5.74) is 1.31. The van der Waals surface area contributed by atoms with Crippen molar-refractivity contribution >= 4 is 45.4 Å². The van der Waals surface area contributed by atoms with E-state index < -0.39 is 24.0 Å². The second kappa shape index (κ2) is 12.1. The Morgan fingerprint density at radius 1 is 1.42 bits per heavy atom. The zero-order chi connectivity index (χ0) is 25.7. The lowest BCUT2D eigenvalue weighted by atomic mass is 9.95. The number of aldehydes is 1. The molecule has 36 heavy (non-hydrogen) atoms. The number of thiazole rings is 1. The van der Waals surface area contributed by atoms with Crippen molar-refractivity contribution in [1.29, 1.82) is 0 Å². The molecule has 4 rings (SSSR count). The van der Waals surface area contributed by atoms with E-state index in [0.29, 0.717) is 32.9 Å².